The summed E-state index contributed by atoms with van der Waals surface area (Å²) in [5.41, 5.74) is 5.84. The van der Waals surface area contributed by atoms with Crippen molar-refractivity contribution in [3.63, 3.8) is 0 Å². The van der Waals surface area contributed by atoms with E-state index < -0.39 is 5.82 Å². The van der Waals surface area contributed by atoms with Crippen LogP contribution in [0.5, 0.6) is 0 Å². The highest BCUT2D eigenvalue weighted by Crippen LogP contribution is 2.25. The molecule has 0 aliphatic heterocycles. The van der Waals surface area contributed by atoms with E-state index in [1.165, 1.54) is 30.0 Å². The summed E-state index contributed by atoms with van der Waals surface area (Å²) in [6.07, 6.45) is 0. The molecular formula is C14H12F2N2S. The highest BCUT2D eigenvalue weighted by atomic mass is 32.2. The fourth-order valence-corrected chi connectivity index (χ4v) is 2.53. The zero-order valence-corrected chi connectivity index (χ0v) is 10.8. The minimum Gasteiger partial charge on any atom is -0.384 e. The third kappa shape index (κ3) is 3.32. The zero-order valence-electron chi connectivity index (χ0n) is 9.99. The molecule has 0 atom stereocenters. The number of nitrogen functional groups attached to an aromatic ring is 1. The Balaban J connectivity index is 2.16. The maximum Gasteiger partial charge on any atom is 0.138 e. The Hall–Kier alpha value is -1.88. The molecule has 2 aromatic carbocycles. The molecule has 5 heteroatoms. The standard InChI is InChI=1S/C14H12F2N2S/c15-10-4-2-5-11(7-10)19-8-9-3-1-6-12(13(9)16)14(17)18/h1-7H,8H2,(H3,17,18). The lowest BCUT2D eigenvalue weighted by molar-refractivity contribution is 0.614. The Kier molecular flexibility index (Phi) is 4.16. The second-order valence-electron chi connectivity index (χ2n) is 3.94. The van der Waals surface area contributed by atoms with Gasteiger partial charge < -0.3 is 5.73 Å². The normalized spacial score (nSPS) is 10.4. The lowest BCUT2D eigenvalue weighted by Gasteiger charge is -2.07. The summed E-state index contributed by atoms with van der Waals surface area (Å²) >= 11 is 1.33. The number of hydrogen-bond donors (Lipinski definition) is 2. The largest absolute Gasteiger partial charge is 0.384 e. The van der Waals surface area contributed by atoms with Gasteiger partial charge >= 0.3 is 0 Å². The molecule has 0 fully saturated rings. The van der Waals surface area contributed by atoms with Crippen LogP contribution in [0.25, 0.3) is 0 Å². The van der Waals surface area contributed by atoms with E-state index in [2.05, 4.69) is 0 Å². The van der Waals surface area contributed by atoms with Crippen LogP contribution in [0.3, 0.4) is 0 Å². The minimum atomic E-state index is -0.487. The quantitative estimate of drug-likeness (QED) is 0.510. The van der Waals surface area contributed by atoms with E-state index >= 15 is 0 Å². The molecule has 0 aliphatic rings. The van der Waals surface area contributed by atoms with Gasteiger partial charge in [0.05, 0.1) is 5.56 Å². The van der Waals surface area contributed by atoms with E-state index in [0.29, 0.717) is 11.3 Å². The van der Waals surface area contributed by atoms with Gasteiger partial charge in [0.2, 0.25) is 0 Å². The van der Waals surface area contributed by atoms with Gasteiger partial charge in [-0.3, -0.25) is 5.41 Å². The van der Waals surface area contributed by atoms with Crippen LogP contribution in [-0.4, -0.2) is 5.84 Å². The van der Waals surface area contributed by atoms with E-state index in [-0.39, 0.29) is 17.2 Å². The van der Waals surface area contributed by atoms with Crippen LogP contribution in [0, 0.1) is 17.0 Å². The Morgan fingerprint density at radius 1 is 1.16 bits per heavy atom. The van der Waals surface area contributed by atoms with Crippen LogP contribution in [0.15, 0.2) is 47.4 Å². The van der Waals surface area contributed by atoms with Gasteiger partial charge in [-0.25, -0.2) is 8.78 Å². The van der Waals surface area contributed by atoms with Crippen LogP contribution in [-0.2, 0) is 5.75 Å². The van der Waals surface area contributed by atoms with Gasteiger partial charge in [-0.2, -0.15) is 0 Å². The number of nitrogens with one attached hydrogen (secondary N) is 1. The second kappa shape index (κ2) is 5.84. The molecule has 2 rings (SSSR count). The van der Waals surface area contributed by atoms with Gasteiger partial charge in [0.15, 0.2) is 0 Å². The van der Waals surface area contributed by atoms with Gasteiger partial charge in [-0.05, 0) is 29.8 Å². The van der Waals surface area contributed by atoms with Crippen molar-refractivity contribution in [1.82, 2.24) is 0 Å². The van der Waals surface area contributed by atoms with Gasteiger partial charge in [0.1, 0.15) is 17.5 Å². The summed E-state index contributed by atoms with van der Waals surface area (Å²) in [5.74, 6) is -0.742. The predicted octanol–water partition coefficient (Wildman–Crippen LogP) is 3.54. The van der Waals surface area contributed by atoms with Gasteiger partial charge in [0, 0.05) is 10.6 Å². The molecule has 2 nitrogen and oxygen atoms in total. The average molecular weight is 278 g/mol. The van der Waals surface area contributed by atoms with Gasteiger partial charge in [-0.1, -0.05) is 18.2 Å². The van der Waals surface area contributed by atoms with Crippen molar-refractivity contribution in [3.8, 4) is 0 Å². The molecular weight excluding hydrogens is 266 g/mol. The first-order valence-electron chi connectivity index (χ1n) is 5.58. The number of hydrogen-bond acceptors (Lipinski definition) is 2. The molecule has 2 aromatic rings. The van der Waals surface area contributed by atoms with Crippen LogP contribution in [0.2, 0.25) is 0 Å². The average Bonchev–Trinajstić information content (AvgIpc) is 2.37. The highest BCUT2D eigenvalue weighted by molar-refractivity contribution is 7.98. The second-order valence-corrected chi connectivity index (χ2v) is 4.99. The first-order chi connectivity index (χ1) is 9.08. The molecule has 0 amide bonds. The van der Waals surface area contributed by atoms with Crippen molar-refractivity contribution in [3.05, 3.63) is 65.2 Å². The number of halogens is 2. The third-order valence-corrected chi connectivity index (χ3v) is 3.60. The molecule has 0 unspecified atom stereocenters. The summed E-state index contributed by atoms with van der Waals surface area (Å²) in [6, 6.07) is 10.9. The van der Waals surface area contributed by atoms with E-state index in [1.54, 1.807) is 24.3 Å². The molecule has 0 aromatic heterocycles. The molecule has 0 radical (unpaired) electrons. The first-order valence-corrected chi connectivity index (χ1v) is 6.56. The fourth-order valence-electron chi connectivity index (χ4n) is 1.62. The van der Waals surface area contributed by atoms with Crippen LogP contribution in [0.1, 0.15) is 11.1 Å². The molecule has 0 aliphatic carbocycles. The van der Waals surface area contributed by atoms with Crippen molar-refractivity contribution in [2.75, 3.05) is 0 Å². The predicted molar refractivity (Wildman–Crippen MR) is 73.4 cm³/mol. The van der Waals surface area contributed by atoms with E-state index in [0.717, 1.165) is 4.90 Å². The molecule has 19 heavy (non-hydrogen) atoms. The molecule has 0 saturated carbocycles. The van der Waals surface area contributed by atoms with Crippen molar-refractivity contribution in [2.45, 2.75) is 10.6 Å². The molecule has 0 spiro atoms. The summed E-state index contributed by atoms with van der Waals surface area (Å²) in [5, 5.41) is 7.28. The lowest BCUT2D eigenvalue weighted by atomic mass is 10.1. The number of thioether (sulfide) groups is 1. The zero-order chi connectivity index (χ0) is 13.8. The highest BCUT2D eigenvalue weighted by Gasteiger charge is 2.10. The minimum absolute atomic E-state index is 0.0948. The van der Waals surface area contributed by atoms with E-state index in [4.69, 9.17) is 11.1 Å². The van der Waals surface area contributed by atoms with Gasteiger partial charge in [-0.15, -0.1) is 11.8 Å². The van der Waals surface area contributed by atoms with E-state index in [1.807, 2.05) is 0 Å². The monoisotopic (exact) mass is 278 g/mol. The summed E-state index contributed by atoms with van der Waals surface area (Å²) in [6.45, 7) is 0. The van der Waals surface area contributed by atoms with Crippen LogP contribution in [0.4, 0.5) is 8.78 Å². The molecule has 0 heterocycles. The lowest BCUT2D eigenvalue weighted by Crippen LogP contribution is -2.14. The summed E-state index contributed by atoms with van der Waals surface area (Å²) in [7, 11) is 0. The maximum absolute atomic E-state index is 14.0. The molecule has 3 N–H and O–H groups in total. The number of benzene rings is 2. The SMILES string of the molecule is N=C(N)c1cccc(CSc2cccc(F)c2)c1F. The molecule has 0 bridgehead atoms. The Bertz CT molecular complexity index is 614. The summed E-state index contributed by atoms with van der Waals surface area (Å²) < 4.78 is 27.0. The maximum atomic E-state index is 14.0. The Labute approximate surface area is 114 Å². The van der Waals surface area contributed by atoms with Crippen molar-refractivity contribution >= 4 is 17.6 Å². The van der Waals surface area contributed by atoms with E-state index in [9.17, 15) is 8.78 Å². The number of rotatable bonds is 4. The van der Waals surface area contributed by atoms with Crippen molar-refractivity contribution in [1.29, 1.82) is 5.41 Å². The Morgan fingerprint density at radius 3 is 2.58 bits per heavy atom. The molecule has 98 valence electrons. The van der Waals surface area contributed by atoms with Crippen molar-refractivity contribution < 1.29 is 8.78 Å². The smallest absolute Gasteiger partial charge is 0.138 e. The topological polar surface area (TPSA) is 49.9 Å². The Morgan fingerprint density at radius 2 is 1.89 bits per heavy atom. The van der Waals surface area contributed by atoms with Crippen LogP contribution >= 0.6 is 11.8 Å². The summed E-state index contributed by atoms with van der Waals surface area (Å²) in [4.78, 5) is 0.729. The van der Waals surface area contributed by atoms with Gasteiger partial charge in [0.25, 0.3) is 0 Å². The van der Waals surface area contributed by atoms with Crippen LogP contribution < -0.4 is 5.73 Å². The molecule has 0 saturated heterocycles. The third-order valence-electron chi connectivity index (χ3n) is 2.56. The van der Waals surface area contributed by atoms with Crippen molar-refractivity contribution in [2.24, 2.45) is 5.73 Å². The first kappa shape index (κ1) is 13.5. The number of amidine groups is 1. The fraction of sp³-hybridized carbons (Fsp3) is 0.0714. The number of nitrogens with two attached hydrogens (primary N) is 1.